The van der Waals surface area contributed by atoms with Crippen LogP contribution in [0.1, 0.15) is 33.9 Å². The van der Waals surface area contributed by atoms with Crippen molar-refractivity contribution in [1.29, 1.82) is 0 Å². The van der Waals surface area contributed by atoms with Crippen LogP contribution < -0.4 is 5.73 Å². The van der Waals surface area contributed by atoms with E-state index in [1.165, 1.54) is 11.1 Å². The molecular formula is C18H20FN. The molecule has 0 aromatic heterocycles. The minimum atomic E-state index is -0.115. The van der Waals surface area contributed by atoms with Gasteiger partial charge in [0.05, 0.1) is 0 Å². The average Bonchev–Trinajstić information content (AvgIpc) is 2.87. The monoisotopic (exact) mass is 269 g/mol. The number of fused-ring (bicyclic) bond motifs is 1. The molecule has 1 atom stereocenters. The second kappa shape index (κ2) is 5.02. The first-order chi connectivity index (χ1) is 9.56. The number of hydrogen-bond donors (Lipinski definition) is 1. The first kappa shape index (κ1) is 13.3. The van der Waals surface area contributed by atoms with Crippen LogP contribution in [0.15, 0.2) is 36.4 Å². The van der Waals surface area contributed by atoms with Crippen LogP contribution in [0, 0.1) is 25.6 Å². The highest BCUT2D eigenvalue weighted by molar-refractivity contribution is 5.36. The van der Waals surface area contributed by atoms with Gasteiger partial charge in [-0.2, -0.15) is 0 Å². The summed E-state index contributed by atoms with van der Waals surface area (Å²) in [6.07, 6.45) is 2.04. The summed E-state index contributed by atoms with van der Waals surface area (Å²) in [4.78, 5) is 0. The van der Waals surface area contributed by atoms with E-state index in [1.807, 2.05) is 26.0 Å². The van der Waals surface area contributed by atoms with Crippen molar-refractivity contribution in [1.82, 2.24) is 0 Å². The molecule has 2 aromatic rings. The van der Waals surface area contributed by atoms with E-state index in [2.05, 4.69) is 24.3 Å². The van der Waals surface area contributed by atoms with Crippen molar-refractivity contribution in [3.63, 3.8) is 0 Å². The van der Waals surface area contributed by atoms with E-state index in [0.29, 0.717) is 17.0 Å². The van der Waals surface area contributed by atoms with Crippen molar-refractivity contribution < 1.29 is 4.39 Å². The van der Waals surface area contributed by atoms with Crippen molar-refractivity contribution in [2.24, 2.45) is 11.7 Å². The zero-order chi connectivity index (χ0) is 14.3. The smallest absolute Gasteiger partial charge is 0.129 e. The molecule has 20 heavy (non-hydrogen) atoms. The number of halogens is 1. The molecule has 1 nitrogen and oxygen atoms in total. The van der Waals surface area contributed by atoms with Crippen molar-refractivity contribution in [2.75, 3.05) is 0 Å². The van der Waals surface area contributed by atoms with E-state index < -0.39 is 0 Å². The second-order valence-electron chi connectivity index (χ2n) is 5.93. The highest BCUT2D eigenvalue weighted by atomic mass is 19.1. The van der Waals surface area contributed by atoms with Gasteiger partial charge in [0.15, 0.2) is 0 Å². The summed E-state index contributed by atoms with van der Waals surface area (Å²) >= 11 is 0. The van der Waals surface area contributed by atoms with Gasteiger partial charge < -0.3 is 5.73 Å². The third kappa shape index (κ3) is 2.25. The average molecular weight is 269 g/mol. The van der Waals surface area contributed by atoms with Crippen molar-refractivity contribution >= 4 is 0 Å². The fourth-order valence-corrected chi connectivity index (χ4v) is 3.29. The van der Waals surface area contributed by atoms with Gasteiger partial charge in [-0.3, -0.25) is 0 Å². The third-order valence-corrected chi connectivity index (χ3v) is 4.43. The van der Waals surface area contributed by atoms with Gasteiger partial charge in [-0.05, 0) is 60.4 Å². The summed E-state index contributed by atoms with van der Waals surface area (Å²) in [6.45, 7) is 3.61. The molecule has 3 rings (SSSR count). The van der Waals surface area contributed by atoms with E-state index >= 15 is 0 Å². The predicted octanol–water partition coefficient (Wildman–Crippen LogP) is 3.86. The second-order valence-corrected chi connectivity index (χ2v) is 5.93. The Morgan fingerprint density at radius 1 is 1.05 bits per heavy atom. The largest absolute Gasteiger partial charge is 0.324 e. The normalized spacial score (nSPS) is 16.2. The van der Waals surface area contributed by atoms with E-state index in [4.69, 9.17) is 5.73 Å². The molecule has 1 aliphatic carbocycles. The van der Waals surface area contributed by atoms with Crippen molar-refractivity contribution in [3.8, 4) is 0 Å². The summed E-state index contributed by atoms with van der Waals surface area (Å²) < 4.78 is 13.7. The zero-order valence-corrected chi connectivity index (χ0v) is 12.0. The van der Waals surface area contributed by atoms with Crippen LogP contribution in [0.25, 0.3) is 0 Å². The maximum Gasteiger partial charge on any atom is 0.129 e. The summed E-state index contributed by atoms with van der Waals surface area (Å²) in [5, 5.41) is 0. The molecule has 2 N–H and O–H groups in total. The Bertz CT molecular complexity index is 600. The van der Waals surface area contributed by atoms with Gasteiger partial charge in [-0.15, -0.1) is 0 Å². The van der Waals surface area contributed by atoms with E-state index in [1.54, 1.807) is 0 Å². The summed E-state index contributed by atoms with van der Waals surface area (Å²) in [6, 6.07) is 12.3. The molecule has 0 radical (unpaired) electrons. The molecule has 0 saturated carbocycles. The molecule has 104 valence electrons. The first-order valence-corrected chi connectivity index (χ1v) is 7.15. The molecule has 2 aromatic carbocycles. The van der Waals surface area contributed by atoms with Gasteiger partial charge in [-0.25, -0.2) is 4.39 Å². The number of nitrogens with two attached hydrogens (primary N) is 1. The Labute approximate surface area is 119 Å². The molecule has 0 bridgehead atoms. The van der Waals surface area contributed by atoms with Gasteiger partial charge in [-0.1, -0.05) is 36.4 Å². The number of rotatable bonds is 2. The lowest BCUT2D eigenvalue weighted by Gasteiger charge is -2.20. The van der Waals surface area contributed by atoms with Gasteiger partial charge in [0.25, 0.3) is 0 Å². The molecule has 1 unspecified atom stereocenters. The minimum absolute atomic E-state index is 0.0274. The number of benzene rings is 2. The summed E-state index contributed by atoms with van der Waals surface area (Å²) in [7, 11) is 0. The predicted molar refractivity (Wildman–Crippen MR) is 80.1 cm³/mol. The van der Waals surface area contributed by atoms with Gasteiger partial charge >= 0.3 is 0 Å². The lowest BCUT2D eigenvalue weighted by molar-refractivity contribution is 0.452. The molecule has 0 saturated heterocycles. The van der Waals surface area contributed by atoms with Crippen LogP contribution >= 0.6 is 0 Å². The Hall–Kier alpha value is -1.67. The molecule has 0 spiro atoms. The van der Waals surface area contributed by atoms with Crippen LogP contribution in [0.4, 0.5) is 4.39 Å². The number of hydrogen-bond acceptors (Lipinski definition) is 1. The summed E-state index contributed by atoms with van der Waals surface area (Å²) in [5.41, 5.74) is 11.7. The molecular weight excluding hydrogens is 249 g/mol. The Morgan fingerprint density at radius 3 is 2.05 bits per heavy atom. The standard InChI is InChI=1S/C18H20FN/c1-11-7-15(8-12(2)17(11)19)18(20)16-9-13-5-3-4-6-14(13)10-16/h3-8,16,18H,9-10,20H2,1-2H3. The fourth-order valence-electron chi connectivity index (χ4n) is 3.29. The zero-order valence-electron chi connectivity index (χ0n) is 12.0. The van der Waals surface area contributed by atoms with E-state index in [-0.39, 0.29) is 11.9 Å². The molecule has 1 aliphatic rings. The maximum atomic E-state index is 13.7. The van der Waals surface area contributed by atoms with Gasteiger partial charge in [0, 0.05) is 6.04 Å². The van der Waals surface area contributed by atoms with Crippen molar-refractivity contribution in [3.05, 3.63) is 70.0 Å². The Kier molecular flexibility index (Phi) is 3.35. The molecule has 0 heterocycles. The number of aryl methyl sites for hydroxylation is 2. The van der Waals surface area contributed by atoms with Crippen molar-refractivity contribution in [2.45, 2.75) is 32.7 Å². The van der Waals surface area contributed by atoms with Crippen LogP contribution in [0.2, 0.25) is 0 Å². The summed E-state index contributed by atoms with van der Waals surface area (Å²) in [5.74, 6) is 0.298. The van der Waals surface area contributed by atoms with Crippen LogP contribution in [0.3, 0.4) is 0 Å². The Morgan fingerprint density at radius 2 is 1.55 bits per heavy atom. The lowest BCUT2D eigenvalue weighted by atomic mass is 9.89. The van der Waals surface area contributed by atoms with Gasteiger partial charge in [0.1, 0.15) is 5.82 Å². The molecule has 0 aliphatic heterocycles. The molecule has 2 heteroatoms. The van der Waals surface area contributed by atoms with E-state index in [0.717, 1.165) is 18.4 Å². The van der Waals surface area contributed by atoms with Gasteiger partial charge in [0.2, 0.25) is 0 Å². The highest BCUT2D eigenvalue weighted by Crippen LogP contribution is 2.34. The molecule has 0 fully saturated rings. The highest BCUT2D eigenvalue weighted by Gasteiger charge is 2.27. The minimum Gasteiger partial charge on any atom is -0.324 e. The first-order valence-electron chi connectivity index (χ1n) is 7.15. The van der Waals surface area contributed by atoms with Crippen LogP contribution in [-0.2, 0) is 12.8 Å². The SMILES string of the molecule is Cc1cc(C(N)C2Cc3ccccc3C2)cc(C)c1F. The lowest BCUT2D eigenvalue weighted by Crippen LogP contribution is -2.22. The fraction of sp³-hybridized carbons (Fsp3) is 0.333. The molecule has 0 amide bonds. The maximum absolute atomic E-state index is 13.7. The van der Waals surface area contributed by atoms with Crippen LogP contribution in [0.5, 0.6) is 0 Å². The Balaban J connectivity index is 1.86. The third-order valence-electron chi connectivity index (χ3n) is 4.43. The topological polar surface area (TPSA) is 26.0 Å². The quantitative estimate of drug-likeness (QED) is 0.880. The van der Waals surface area contributed by atoms with E-state index in [9.17, 15) is 4.39 Å². The van der Waals surface area contributed by atoms with Crippen LogP contribution in [-0.4, -0.2) is 0 Å².